The first kappa shape index (κ1) is 19.6. The number of hydrogen-bond donors (Lipinski definition) is 2. The molecule has 3 aromatic rings. The largest absolute Gasteiger partial charge is 0.486 e. The van der Waals surface area contributed by atoms with Crippen LogP contribution in [-0.4, -0.2) is 35.1 Å². The van der Waals surface area contributed by atoms with Gasteiger partial charge in [0.15, 0.2) is 11.5 Å². The monoisotopic (exact) mass is 413 g/mol. The van der Waals surface area contributed by atoms with Crippen molar-refractivity contribution in [2.24, 2.45) is 0 Å². The molecule has 0 radical (unpaired) electrons. The molecule has 0 bridgehead atoms. The number of fused-ring (bicyclic) bond motifs is 2. The molecular formula is C22H24ClN3O3. The molecule has 1 aliphatic carbocycles. The Kier molecular flexibility index (Phi) is 5.62. The first-order valence-electron chi connectivity index (χ1n) is 9.91. The second-order valence-corrected chi connectivity index (χ2v) is 7.53. The van der Waals surface area contributed by atoms with Crippen LogP contribution >= 0.6 is 12.4 Å². The van der Waals surface area contributed by atoms with Crippen molar-refractivity contribution in [3.63, 3.8) is 0 Å². The van der Waals surface area contributed by atoms with E-state index < -0.39 is 0 Å². The van der Waals surface area contributed by atoms with Crippen LogP contribution in [0.4, 0.5) is 0 Å². The minimum Gasteiger partial charge on any atom is -0.486 e. The molecular weight excluding hydrogens is 390 g/mol. The molecule has 1 aliphatic heterocycles. The Bertz CT molecular complexity index is 986. The van der Waals surface area contributed by atoms with Gasteiger partial charge in [-0.15, -0.1) is 12.4 Å². The maximum atomic E-state index is 12.8. The van der Waals surface area contributed by atoms with Gasteiger partial charge in [-0.3, -0.25) is 4.79 Å². The summed E-state index contributed by atoms with van der Waals surface area (Å²) in [6.07, 6.45) is 4.06. The summed E-state index contributed by atoms with van der Waals surface area (Å²) in [6.45, 7) is 1.06. The third kappa shape index (κ3) is 4.03. The number of aromatic amines is 1. The number of para-hydroxylation sites is 2. The van der Waals surface area contributed by atoms with Crippen LogP contribution in [0.1, 0.15) is 47.8 Å². The first-order chi connectivity index (χ1) is 13.8. The summed E-state index contributed by atoms with van der Waals surface area (Å²) in [5.74, 6) is 2.64. The number of hydrogen-bond acceptors (Lipinski definition) is 4. The number of rotatable bonds is 3. The molecule has 1 saturated carbocycles. The fourth-order valence-corrected chi connectivity index (χ4v) is 4.19. The van der Waals surface area contributed by atoms with Crippen LogP contribution in [0.2, 0.25) is 0 Å². The normalized spacial score (nSPS) is 20.7. The highest BCUT2D eigenvalue weighted by Crippen LogP contribution is 2.33. The van der Waals surface area contributed by atoms with Crippen LogP contribution < -0.4 is 14.8 Å². The summed E-state index contributed by atoms with van der Waals surface area (Å²) in [7, 11) is 0. The summed E-state index contributed by atoms with van der Waals surface area (Å²) in [4.78, 5) is 21.0. The van der Waals surface area contributed by atoms with Crippen molar-refractivity contribution in [3.8, 4) is 11.5 Å². The second kappa shape index (κ2) is 8.33. The molecule has 2 aromatic carbocycles. The highest BCUT2D eigenvalue weighted by molar-refractivity contribution is 5.95. The number of amides is 1. The molecule has 5 rings (SSSR count). The lowest BCUT2D eigenvalue weighted by atomic mass is 9.85. The van der Waals surface area contributed by atoms with Gasteiger partial charge in [-0.05, 0) is 49.6 Å². The number of nitrogens with one attached hydrogen (secondary N) is 2. The van der Waals surface area contributed by atoms with Crippen LogP contribution in [0.25, 0.3) is 11.0 Å². The standard InChI is InChI=1S/C22H23N3O3.ClH/c26-22(15-8-9-19-20(13-15)28-11-10-27-19)23-16-5-3-4-14(12-16)21-24-17-6-1-2-7-18(17)25-21;/h1-2,6-9,13-14,16H,3-5,10-12H2,(H,23,26)(H,24,25);1H/t14-,16-;/m1./s1. The molecule has 2 atom stereocenters. The Morgan fingerprint density at radius 1 is 1.07 bits per heavy atom. The lowest BCUT2D eigenvalue weighted by molar-refractivity contribution is 0.0923. The molecule has 0 unspecified atom stereocenters. The maximum Gasteiger partial charge on any atom is 0.251 e. The molecule has 1 amide bonds. The third-order valence-corrected chi connectivity index (χ3v) is 5.61. The topological polar surface area (TPSA) is 76.2 Å². The summed E-state index contributed by atoms with van der Waals surface area (Å²) in [6, 6.07) is 13.6. The van der Waals surface area contributed by atoms with Crippen molar-refractivity contribution < 1.29 is 14.3 Å². The zero-order valence-electron chi connectivity index (χ0n) is 16.0. The second-order valence-electron chi connectivity index (χ2n) is 7.53. The number of halogens is 1. The lowest BCUT2D eigenvalue weighted by Crippen LogP contribution is -2.38. The average molecular weight is 414 g/mol. The quantitative estimate of drug-likeness (QED) is 0.674. The van der Waals surface area contributed by atoms with Crippen molar-refractivity contribution in [3.05, 3.63) is 53.9 Å². The van der Waals surface area contributed by atoms with Crippen molar-refractivity contribution in [2.45, 2.75) is 37.6 Å². The van der Waals surface area contributed by atoms with Crippen molar-refractivity contribution in [1.82, 2.24) is 15.3 Å². The molecule has 1 aromatic heterocycles. The zero-order chi connectivity index (χ0) is 18.9. The molecule has 29 heavy (non-hydrogen) atoms. The minimum absolute atomic E-state index is 0. The number of imidazole rings is 1. The molecule has 1 fully saturated rings. The van der Waals surface area contributed by atoms with Crippen LogP contribution in [0.5, 0.6) is 11.5 Å². The molecule has 2 heterocycles. The van der Waals surface area contributed by atoms with Crippen molar-refractivity contribution in [2.75, 3.05) is 13.2 Å². The van der Waals surface area contributed by atoms with Gasteiger partial charge in [0.05, 0.1) is 11.0 Å². The van der Waals surface area contributed by atoms with Gasteiger partial charge in [-0.2, -0.15) is 0 Å². The molecule has 0 saturated heterocycles. The minimum atomic E-state index is -0.0628. The van der Waals surface area contributed by atoms with Gasteiger partial charge in [0.1, 0.15) is 19.0 Å². The van der Waals surface area contributed by atoms with Crippen molar-refractivity contribution >= 4 is 29.3 Å². The van der Waals surface area contributed by atoms with E-state index in [1.165, 1.54) is 0 Å². The number of benzene rings is 2. The van der Waals surface area contributed by atoms with E-state index in [0.29, 0.717) is 36.2 Å². The van der Waals surface area contributed by atoms with Gasteiger partial charge in [0, 0.05) is 17.5 Å². The van der Waals surface area contributed by atoms with E-state index in [1.807, 2.05) is 24.3 Å². The van der Waals surface area contributed by atoms with Crippen molar-refractivity contribution in [1.29, 1.82) is 0 Å². The summed E-state index contributed by atoms with van der Waals surface area (Å²) in [5.41, 5.74) is 2.68. The van der Waals surface area contributed by atoms with Gasteiger partial charge in [-0.1, -0.05) is 18.6 Å². The van der Waals surface area contributed by atoms with E-state index in [0.717, 1.165) is 42.5 Å². The number of H-pyrrole nitrogens is 1. The Morgan fingerprint density at radius 3 is 2.76 bits per heavy atom. The Morgan fingerprint density at radius 2 is 1.90 bits per heavy atom. The molecule has 2 N–H and O–H groups in total. The maximum absolute atomic E-state index is 12.8. The Balaban J connectivity index is 0.00000205. The Hall–Kier alpha value is -2.73. The van der Waals surface area contributed by atoms with Gasteiger partial charge >= 0.3 is 0 Å². The van der Waals surface area contributed by atoms with E-state index >= 15 is 0 Å². The van der Waals surface area contributed by atoms with Crippen LogP contribution in [0.3, 0.4) is 0 Å². The van der Waals surface area contributed by atoms with Gasteiger partial charge < -0.3 is 19.8 Å². The summed E-state index contributed by atoms with van der Waals surface area (Å²) < 4.78 is 11.1. The van der Waals surface area contributed by atoms with E-state index in [-0.39, 0.29) is 24.4 Å². The molecule has 0 spiro atoms. The van der Waals surface area contributed by atoms with E-state index in [9.17, 15) is 4.79 Å². The van der Waals surface area contributed by atoms with E-state index in [1.54, 1.807) is 12.1 Å². The number of ether oxygens (including phenoxy) is 2. The highest BCUT2D eigenvalue weighted by Gasteiger charge is 2.27. The van der Waals surface area contributed by atoms with Gasteiger partial charge in [-0.25, -0.2) is 4.98 Å². The van der Waals surface area contributed by atoms with Crippen LogP contribution in [0, 0.1) is 0 Å². The van der Waals surface area contributed by atoms with Crippen LogP contribution in [-0.2, 0) is 0 Å². The number of carbonyl (C=O) groups is 1. The molecule has 2 aliphatic rings. The smallest absolute Gasteiger partial charge is 0.251 e. The predicted molar refractivity (Wildman–Crippen MR) is 113 cm³/mol. The SMILES string of the molecule is Cl.O=C(N[C@@H]1CCC[C@@H](c2nc3ccccc3[nH]2)C1)c1ccc2c(c1)OCCO2. The summed E-state index contributed by atoms with van der Waals surface area (Å²) in [5, 5.41) is 3.20. The lowest BCUT2D eigenvalue weighted by Gasteiger charge is -2.29. The molecule has 7 heteroatoms. The third-order valence-electron chi connectivity index (χ3n) is 5.61. The zero-order valence-corrected chi connectivity index (χ0v) is 16.8. The molecule has 6 nitrogen and oxygen atoms in total. The van der Waals surface area contributed by atoms with Gasteiger partial charge in [0.25, 0.3) is 5.91 Å². The summed E-state index contributed by atoms with van der Waals surface area (Å²) >= 11 is 0. The number of nitrogens with zero attached hydrogens (tertiary/aromatic N) is 1. The highest BCUT2D eigenvalue weighted by atomic mass is 35.5. The van der Waals surface area contributed by atoms with Crippen LogP contribution in [0.15, 0.2) is 42.5 Å². The first-order valence-corrected chi connectivity index (χ1v) is 9.91. The van der Waals surface area contributed by atoms with E-state index in [4.69, 9.17) is 14.5 Å². The number of aromatic nitrogens is 2. The fourth-order valence-electron chi connectivity index (χ4n) is 4.19. The predicted octanol–water partition coefficient (Wildman–Crippen LogP) is 4.21. The number of carbonyl (C=O) groups excluding carboxylic acids is 1. The fraction of sp³-hybridized carbons (Fsp3) is 0.364. The van der Waals surface area contributed by atoms with Gasteiger partial charge in [0.2, 0.25) is 0 Å². The molecule has 152 valence electrons. The Labute approximate surface area is 175 Å². The average Bonchev–Trinajstić information content (AvgIpc) is 3.18. The van der Waals surface area contributed by atoms with E-state index in [2.05, 4.69) is 16.4 Å².